The molecule has 0 saturated carbocycles. The predicted octanol–water partition coefficient (Wildman–Crippen LogP) is 2.76. The van der Waals surface area contributed by atoms with Gasteiger partial charge in [0.25, 0.3) is 11.5 Å². The van der Waals surface area contributed by atoms with E-state index < -0.39 is 0 Å². The highest BCUT2D eigenvalue weighted by molar-refractivity contribution is 6.04. The number of fused-ring (bicyclic) bond motifs is 2. The van der Waals surface area contributed by atoms with Crippen molar-refractivity contribution in [3.8, 4) is 0 Å². The van der Waals surface area contributed by atoms with Crippen molar-refractivity contribution in [1.82, 2.24) is 20.0 Å². The maximum atomic E-state index is 13.5. The Labute approximate surface area is 190 Å². The number of nitrogens with zero attached hydrogens (tertiary/aromatic N) is 3. The SMILES string of the molecule is O=C(Cc1ccc(F)cc1)N1CC[C@@H]2[C@H](CCCN2C(=O)c2n[nH]c(=O)c3ccccc23)C1. The third-order valence-electron chi connectivity index (χ3n) is 6.85. The zero-order valence-corrected chi connectivity index (χ0v) is 18.2. The van der Waals surface area contributed by atoms with E-state index in [-0.39, 0.29) is 47.3 Å². The van der Waals surface area contributed by atoms with Crippen LogP contribution >= 0.6 is 0 Å². The van der Waals surface area contributed by atoms with E-state index in [1.165, 1.54) is 12.1 Å². The van der Waals surface area contributed by atoms with E-state index in [9.17, 15) is 18.8 Å². The molecule has 1 N–H and O–H groups in total. The minimum absolute atomic E-state index is 0.0248. The van der Waals surface area contributed by atoms with Crippen molar-refractivity contribution in [2.24, 2.45) is 5.92 Å². The Balaban J connectivity index is 1.32. The van der Waals surface area contributed by atoms with Crippen LogP contribution in [0.25, 0.3) is 10.8 Å². The molecule has 1 aromatic heterocycles. The summed E-state index contributed by atoms with van der Waals surface area (Å²) in [5.41, 5.74) is 0.743. The summed E-state index contributed by atoms with van der Waals surface area (Å²) in [4.78, 5) is 42.2. The van der Waals surface area contributed by atoms with Crippen LogP contribution < -0.4 is 5.56 Å². The number of aromatic nitrogens is 2. The van der Waals surface area contributed by atoms with E-state index in [1.807, 2.05) is 9.80 Å². The van der Waals surface area contributed by atoms with Crippen LogP contribution in [0.2, 0.25) is 0 Å². The summed E-state index contributed by atoms with van der Waals surface area (Å²) in [6, 6.07) is 13.1. The van der Waals surface area contributed by atoms with Gasteiger partial charge in [-0.15, -0.1) is 0 Å². The summed E-state index contributed by atoms with van der Waals surface area (Å²) in [5.74, 6) is -0.272. The second-order valence-corrected chi connectivity index (χ2v) is 8.85. The molecule has 2 fully saturated rings. The van der Waals surface area contributed by atoms with Gasteiger partial charge in [-0.25, -0.2) is 9.49 Å². The third-order valence-corrected chi connectivity index (χ3v) is 6.85. The number of nitrogens with one attached hydrogen (secondary N) is 1. The van der Waals surface area contributed by atoms with Crippen molar-refractivity contribution in [2.75, 3.05) is 19.6 Å². The molecule has 2 aromatic carbocycles. The quantitative estimate of drug-likeness (QED) is 0.668. The van der Waals surface area contributed by atoms with Crippen molar-refractivity contribution in [3.63, 3.8) is 0 Å². The van der Waals surface area contributed by atoms with Gasteiger partial charge in [-0.1, -0.05) is 30.3 Å². The van der Waals surface area contributed by atoms with Gasteiger partial charge < -0.3 is 9.80 Å². The van der Waals surface area contributed by atoms with Crippen LogP contribution in [0.5, 0.6) is 0 Å². The Hall–Kier alpha value is -3.55. The fourth-order valence-corrected chi connectivity index (χ4v) is 5.18. The van der Waals surface area contributed by atoms with Crippen molar-refractivity contribution in [1.29, 1.82) is 0 Å². The lowest BCUT2D eigenvalue weighted by Gasteiger charge is -2.47. The van der Waals surface area contributed by atoms with Gasteiger partial charge in [0.15, 0.2) is 5.69 Å². The van der Waals surface area contributed by atoms with Gasteiger partial charge in [0.2, 0.25) is 5.91 Å². The molecule has 2 aliphatic rings. The number of likely N-dealkylation sites (tertiary alicyclic amines) is 2. The maximum Gasteiger partial charge on any atom is 0.275 e. The van der Waals surface area contributed by atoms with Gasteiger partial charge >= 0.3 is 0 Å². The molecule has 0 spiro atoms. The highest BCUT2D eigenvalue weighted by Crippen LogP contribution is 2.32. The Morgan fingerprint density at radius 3 is 2.58 bits per heavy atom. The lowest BCUT2D eigenvalue weighted by atomic mass is 9.83. The summed E-state index contributed by atoms with van der Waals surface area (Å²) in [6.45, 7) is 1.82. The second-order valence-electron chi connectivity index (χ2n) is 8.85. The van der Waals surface area contributed by atoms with Crippen LogP contribution in [0.4, 0.5) is 4.39 Å². The molecule has 170 valence electrons. The number of hydrogen-bond acceptors (Lipinski definition) is 4. The van der Waals surface area contributed by atoms with E-state index in [0.29, 0.717) is 36.8 Å². The molecule has 2 atom stereocenters. The van der Waals surface area contributed by atoms with E-state index >= 15 is 0 Å². The van der Waals surface area contributed by atoms with E-state index in [0.717, 1.165) is 18.4 Å². The molecule has 0 radical (unpaired) electrons. The summed E-state index contributed by atoms with van der Waals surface area (Å²) in [7, 11) is 0. The number of aromatic amines is 1. The number of halogens is 1. The first-order valence-corrected chi connectivity index (χ1v) is 11.3. The number of hydrogen-bond donors (Lipinski definition) is 1. The van der Waals surface area contributed by atoms with Gasteiger partial charge in [-0.05, 0) is 48.9 Å². The summed E-state index contributed by atoms with van der Waals surface area (Å²) in [5, 5.41) is 7.56. The summed E-state index contributed by atoms with van der Waals surface area (Å²) < 4.78 is 13.1. The number of benzene rings is 2. The largest absolute Gasteiger partial charge is 0.342 e. The molecule has 7 nitrogen and oxygen atoms in total. The molecule has 5 rings (SSSR count). The molecule has 2 amide bonds. The van der Waals surface area contributed by atoms with Crippen molar-refractivity contribution in [3.05, 3.63) is 76.0 Å². The minimum atomic E-state index is -0.316. The van der Waals surface area contributed by atoms with Gasteiger partial charge in [0, 0.05) is 31.1 Å². The summed E-state index contributed by atoms with van der Waals surface area (Å²) in [6.07, 6.45) is 2.75. The zero-order chi connectivity index (χ0) is 22.9. The molecule has 33 heavy (non-hydrogen) atoms. The number of rotatable bonds is 3. The third kappa shape index (κ3) is 4.13. The number of carbonyl (C=O) groups excluding carboxylic acids is 2. The Morgan fingerprint density at radius 1 is 1.03 bits per heavy atom. The molecular formula is C25H25FN4O3. The molecule has 0 unspecified atom stereocenters. The minimum Gasteiger partial charge on any atom is -0.342 e. The van der Waals surface area contributed by atoms with Gasteiger partial charge in [0.05, 0.1) is 11.8 Å². The van der Waals surface area contributed by atoms with Crippen molar-refractivity contribution < 1.29 is 14.0 Å². The number of amides is 2. The van der Waals surface area contributed by atoms with Crippen LogP contribution in [0.15, 0.2) is 53.3 Å². The number of H-pyrrole nitrogens is 1. The average Bonchev–Trinajstić information content (AvgIpc) is 2.84. The van der Waals surface area contributed by atoms with E-state index in [4.69, 9.17) is 0 Å². The smallest absolute Gasteiger partial charge is 0.275 e. The highest BCUT2D eigenvalue weighted by Gasteiger charge is 2.40. The first-order chi connectivity index (χ1) is 16.0. The molecule has 0 aliphatic carbocycles. The molecule has 3 aromatic rings. The first kappa shape index (κ1) is 21.3. The fourth-order valence-electron chi connectivity index (χ4n) is 5.18. The zero-order valence-electron chi connectivity index (χ0n) is 18.2. The molecular weight excluding hydrogens is 423 g/mol. The maximum absolute atomic E-state index is 13.5. The molecule has 0 bridgehead atoms. The van der Waals surface area contributed by atoms with Crippen molar-refractivity contribution >= 4 is 22.6 Å². The van der Waals surface area contributed by atoms with Gasteiger partial charge in [-0.2, -0.15) is 5.10 Å². The second kappa shape index (κ2) is 8.77. The predicted molar refractivity (Wildman–Crippen MR) is 121 cm³/mol. The molecule has 8 heteroatoms. The highest BCUT2D eigenvalue weighted by atomic mass is 19.1. The van der Waals surface area contributed by atoms with Crippen molar-refractivity contribution in [2.45, 2.75) is 31.7 Å². The standard InChI is InChI=1S/C25H25FN4O3/c26-18-9-7-16(8-10-18)14-22(31)29-13-11-21-17(15-29)4-3-12-30(21)25(33)23-19-5-1-2-6-20(19)24(32)28-27-23/h1-2,5-10,17,21H,3-4,11-15H2,(H,28,32)/t17-,21-/m1/s1. The van der Waals surface area contributed by atoms with Crippen LogP contribution in [-0.4, -0.2) is 57.5 Å². The lowest BCUT2D eigenvalue weighted by Crippen LogP contribution is -2.57. The van der Waals surface area contributed by atoms with Gasteiger partial charge in [0.1, 0.15) is 5.82 Å². The monoisotopic (exact) mass is 448 g/mol. The Kier molecular flexibility index (Phi) is 5.66. The fraction of sp³-hybridized carbons (Fsp3) is 0.360. The van der Waals surface area contributed by atoms with Crippen LogP contribution in [0.3, 0.4) is 0 Å². The van der Waals surface area contributed by atoms with Crippen LogP contribution in [0, 0.1) is 11.7 Å². The topological polar surface area (TPSA) is 86.4 Å². The normalized spacial score (nSPS) is 20.5. The summed E-state index contributed by atoms with van der Waals surface area (Å²) >= 11 is 0. The first-order valence-electron chi connectivity index (χ1n) is 11.3. The number of carbonyl (C=O) groups is 2. The van der Waals surface area contributed by atoms with E-state index in [2.05, 4.69) is 10.2 Å². The van der Waals surface area contributed by atoms with Gasteiger partial charge in [-0.3, -0.25) is 14.4 Å². The molecule has 2 saturated heterocycles. The average molecular weight is 448 g/mol. The van der Waals surface area contributed by atoms with Crippen LogP contribution in [-0.2, 0) is 11.2 Å². The molecule has 2 aliphatic heterocycles. The number of piperidine rings is 2. The Morgan fingerprint density at radius 2 is 1.79 bits per heavy atom. The lowest BCUT2D eigenvalue weighted by molar-refractivity contribution is -0.133. The van der Waals surface area contributed by atoms with E-state index in [1.54, 1.807) is 36.4 Å². The Bertz CT molecular complexity index is 1260. The van der Waals surface area contributed by atoms with Crippen LogP contribution in [0.1, 0.15) is 35.3 Å². The molecule has 3 heterocycles.